The van der Waals surface area contributed by atoms with Crippen LogP contribution < -0.4 is 5.32 Å². The first-order valence-corrected chi connectivity index (χ1v) is 14.3. The van der Waals surface area contributed by atoms with E-state index >= 15 is 0 Å². The summed E-state index contributed by atoms with van der Waals surface area (Å²) in [5.74, 6) is -1.37. The van der Waals surface area contributed by atoms with E-state index in [-0.39, 0.29) is 13.1 Å². The molecule has 1 unspecified atom stereocenters. The number of hydrogen-bond acceptors (Lipinski definition) is 5. The number of amides is 1. The maximum absolute atomic E-state index is 13.3. The van der Waals surface area contributed by atoms with E-state index in [1.807, 2.05) is 87.5 Å². The van der Waals surface area contributed by atoms with Crippen molar-refractivity contribution in [1.82, 2.24) is 4.31 Å². The summed E-state index contributed by atoms with van der Waals surface area (Å²) >= 11 is 0. The van der Waals surface area contributed by atoms with Gasteiger partial charge in [-0.25, -0.2) is 8.42 Å². The Balaban J connectivity index is 1.36. The minimum atomic E-state index is -3.67. The first-order valence-electron chi connectivity index (χ1n) is 12.8. The van der Waals surface area contributed by atoms with Crippen LogP contribution in [-0.2, 0) is 24.3 Å². The number of nitrogens with zero attached hydrogens (tertiary/aromatic N) is 1. The number of aryl methyl sites for hydroxylation is 3. The molecule has 3 aromatic carbocycles. The van der Waals surface area contributed by atoms with Gasteiger partial charge >= 0.3 is 5.97 Å². The normalized spacial score (nSPS) is 15.6. The molecule has 0 aromatic heterocycles. The molecule has 0 saturated carbocycles. The number of piperidine rings is 1. The van der Waals surface area contributed by atoms with E-state index in [4.69, 9.17) is 4.74 Å². The van der Waals surface area contributed by atoms with E-state index in [2.05, 4.69) is 5.32 Å². The van der Waals surface area contributed by atoms with Crippen molar-refractivity contribution in [2.45, 2.75) is 51.5 Å². The number of rotatable bonds is 7. The van der Waals surface area contributed by atoms with Gasteiger partial charge < -0.3 is 10.1 Å². The Hall–Kier alpha value is -3.49. The summed E-state index contributed by atoms with van der Waals surface area (Å²) in [4.78, 5) is 26.1. The standard InChI is InChI=1S/C30H34N2O5S/c1-20-18-21(2)28(22(3)19-20)38(35,36)32-16-14-25(15-17-32)30(34)37-23(4)29(33)31-27-13-9-8-12-26(27)24-10-6-5-7-11-24/h5-13,18-19,23,25H,14-17H2,1-4H3,(H,31,33). The summed E-state index contributed by atoms with van der Waals surface area (Å²) < 4.78 is 33.6. The van der Waals surface area contributed by atoms with Crippen LogP contribution in [0.1, 0.15) is 36.5 Å². The van der Waals surface area contributed by atoms with Gasteiger partial charge in [0.25, 0.3) is 5.91 Å². The van der Waals surface area contributed by atoms with Gasteiger partial charge in [-0.05, 0) is 63.3 Å². The van der Waals surface area contributed by atoms with Crippen LogP contribution in [0, 0.1) is 26.7 Å². The molecular formula is C30H34N2O5S. The second kappa shape index (κ2) is 11.5. The molecule has 0 spiro atoms. The molecule has 7 nitrogen and oxygen atoms in total. The van der Waals surface area contributed by atoms with E-state index < -0.39 is 33.9 Å². The number of hydrogen-bond donors (Lipinski definition) is 1. The number of esters is 1. The van der Waals surface area contributed by atoms with Gasteiger partial charge in [0.1, 0.15) is 0 Å². The number of anilines is 1. The number of sulfonamides is 1. The van der Waals surface area contributed by atoms with Crippen LogP contribution in [0.15, 0.2) is 71.6 Å². The monoisotopic (exact) mass is 534 g/mol. The summed E-state index contributed by atoms with van der Waals surface area (Å²) in [6.45, 7) is 7.54. The minimum absolute atomic E-state index is 0.222. The summed E-state index contributed by atoms with van der Waals surface area (Å²) in [6.07, 6.45) is -0.314. The van der Waals surface area contributed by atoms with E-state index in [9.17, 15) is 18.0 Å². The Kier molecular flexibility index (Phi) is 8.33. The zero-order valence-corrected chi connectivity index (χ0v) is 23.0. The van der Waals surface area contributed by atoms with Crippen molar-refractivity contribution in [1.29, 1.82) is 0 Å². The van der Waals surface area contributed by atoms with Crippen molar-refractivity contribution in [2.75, 3.05) is 18.4 Å². The van der Waals surface area contributed by atoms with Crippen LogP contribution in [0.3, 0.4) is 0 Å². The number of ether oxygens (including phenoxy) is 1. The molecule has 1 amide bonds. The lowest BCUT2D eigenvalue weighted by Crippen LogP contribution is -2.42. The maximum atomic E-state index is 13.3. The van der Waals surface area contributed by atoms with E-state index in [1.54, 1.807) is 6.92 Å². The minimum Gasteiger partial charge on any atom is -0.452 e. The lowest BCUT2D eigenvalue weighted by atomic mass is 9.98. The Morgan fingerprint density at radius 2 is 1.50 bits per heavy atom. The predicted octanol–water partition coefficient (Wildman–Crippen LogP) is 5.25. The molecule has 1 saturated heterocycles. The van der Waals surface area contributed by atoms with Crippen LogP contribution in [0.25, 0.3) is 11.1 Å². The zero-order chi connectivity index (χ0) is 27.4. The molecule has 0 aliphatic carbocycles. The van der Waals surface area contributed by atoms with Crippen molar-refractivity contribution >= 4 is 27.6 Å². The molecule has 200 valence electrons. The molecule has 1 aliphatic heterocycles. The summed E-state index contributed by atoms with van der Waals surface area (Å²) in [7, 11) is -3.67. The summed E-state index contributed by atoms with van der Waals surface area (Å²) in [6, 6.07) is 20.9. The SMILES string of the molecule is Cc1cc(C)c(S(=O)(=O)N2CCC(C(=O)OC(C)C(=O)Nc3ccccc3-c3ccccc3)CC2)c(C)c1. The van der Waals surface area contributed by atoms with E-state index in [1.165, 1.54) is 4.31 Å². The van der Waals surface area contributed by atoms with Crippen LogP contribution in [0.2, 0.25) is 0 Å². The molecule has 1 fully saturated rings. The topological polar surface area (TPSA) is 92.8 Å². The molecule has 1 heterocycles. The zero-order valence-electron chi connectivity index (χ0n) is 22.2. The highest BCUT2D eigenvalue weighted by atomic mass is 32.2. The Morgan fingerprint density at radius 1 is 0.921 bits per heavy atom. The number of para-hydroxylation sites is 1. The fraction of sp³-hybridized carbons (Fsp3) is 0.333. The highest BCUT2D eigenvalue weighted by molar-refractivity contribution is 7.89. The molecule has 0 radical (unpaired) electrons. The number of carbonyl (C=O) groups excluding carboxylic acids is 2. The maximum Gasteiger partial charge on any atom is 0.309 e. The molecular weight excluding hydrogens is 500 g/mol. The van der Waals surface area contributed by atoms with E-state index in [0.717, 1.165) is 27.8 Å². The van der Waals surface area contributed by atoms with Gasteiger partial charge in [-0.1, -0.05) is 66.2 Å². The quantitative estimate of drug-likeness (QED) is 0.418. The van der Waals surface area contributed by atoms with Crippen LogP contribution >= 0.6 is 0 Å². The van der Waals surface area contributed by atoms with Crippen molar-refractivity contribution in [3.63, 3.8) is 0 Å². The number of benzene rings is 3. The van der Waals surface area contributed by atoms with Crippen molar-refractivity contribution in [2.24, 2.45) is 5.92 Å². The van der Waals surface area contributed by atoms with Crippen molar-refractivity contribution < 1.29 is 22.7 Å². The van der Waals surface area contributed by atoms with Gasteiger partial charge in [0.2, 0.25) is 10.0 Å². The third-order valence-corrected chi connectivity index (χ3v) is 9.13. The molecule has 4 rings (SSSR count). The number of carbonyl (C=O) groups is 2. The fourth-order valence-electron chi connectivity index (χ4n) is 5.05. The smallest absolute Gasteiger partial charge is 0.309 e. The fourth-order valence-corrected chi connectivity index (χ4v) is 6.94. The third-order valence-electron chi connectivity index (χ3n) is 6.92. The summed E-state index contributed by atoms with van der Waals surface area (Å²) in [5.41, 5.74) is 4.92. The van der Waals surface area contributed by atoms with E-state index in [0.29, 0.717) is 23.4 Å². The van der Waals surface area contributed by atoms with Gasteiger partial charge in [-0.15, -0.1) is 0 Å². The van der Waals surface area contributed by atoms with Crippen LogP contribution in [-0.4, -0.2) is 43.8 Å². The predicted molar refractivity (Wildman–Crippen MR) is 148 cm³/mol. The first kappa shape index (κ1) is 27.5. The molecule has 1 atom stereocenters. The van der Waals surface area contributed by atoms with Crippen LogP contribution in [0.5, 0.6) is 0 Å². The molecule has 1 aliphatic rings. The lowest BCUT2D eigenvalue weighted by molar-refractivity contribution is -0.158. The average molecular weight is 535 g/mol. The molecule has 0 bridgehead atoms. The Labute approximate surface area is 224 Å². The lowest BCUT2D eigenvalue weighted by Gasteiger charge is -2.31. The highest BCUT2D eigenvalue weighted by Crippen LogP contribution is 2.30. The van der Waals surface area contributed by atoms with Gasteiger partial charge in [0.05, 0.1) is 10.8 Å². The van der Waals surface area contributed by atoms with Gasteiger partial charge in [0, 0.05) is 24.3 Å². The second-order valence-corrected chi connectivity index (χ2v) is 11.8. The van der Waals surface area contributed by atoms with Gasteiger partial charge in [-0.2, -0.15) is 4.31 Å². The third kappa shape index (κ3) is 5.97. The molecule has 38 heavy (non-hydrogen) atoms. The summed E-state index contributed by atoms with van der Waals surface area (Å²) in [5, 5.41) is 2.87. The number of nitrogens with one attached hydrogen (secondary N) is 1. The molecule has 3 aromatic rings. The Morgan fingerprint density at radius 3 is 2.13 bits per heavy atom. The second-order valence-electron chi connectivity index (χ2n) is 9.89. The molecule has 8 heteroatoms. The van der Waals surface area contributed by atoms with Gasteiger partial charge in [0.15, 0.2) is 6.10 Å². The first-order chi connectivity index (χ1) is 18.1. The van der Waals surface area contributed by atoms with Crippen molar-refractivity contribution in [3.05, 3.63) is 83.4 Å². The van der Waals surface area contributed by atoms with Gasteiger partial charge in [-0.3, -0.25) is 9.59 Å². The largest absolute Gasteiger partial charge is 0.452 e. The Bertz CT molecular complexity index is 1410. The highest BCUT2D eigenvalue weighted by Gasteiger charge is 2.35. The molecule has 1 N–H and O–H groups in total. The average Bonchev–Trinajstić information content (AvgIpc) is 2.88. The van der Waals surface area contributed by atoms with Crippen molar-refractivity contribution in [3.8, 4) is 11.1 Å². The van der Waals surface area contributed by atoms with Crippen LogP contribution in [0.4, 0.5) is 5.69 Å².